The number of fused-ring (bicyclic) bond motifs is 1. The van der Waals surface area contributed by atoms with Gasteiger partial charge in [-0.15, -0.1) is 11.3 Å². The first kappa shape index (κ1) is 12.4. The van der Waals surface area contributed by atoms with E-state index in [9.17, 15) is 5.11 Å². The molecular weight excluding hydrogens is 289 g/mol. The fourth-order valence-corrected chi connectivity index (χ4v) is 2.73. The molecule has 1 unspecified atom stereocenters. The first-order valence-corrected chi connectivity index (χ1v) is 6.51. The van der Waals surface area contributed by atoms with Gasteiger partial charge in [-0.25, -0.2) is 4.98 Å². The lowest BCUT2D eigenvalue weighted by atomic mass is 10.3. The van der Waals surface area contributed by atoms with Crippen LogP contribution in [0.2, 0.25) is 0 Å². The highest BCUT2D eigenvalue weighted by Gasteiger charge is 2.26. The summed E-state index contributed by atoms with van der Waals surface area (Å²) in [6, 6.07) is 7.65. The number of benzene rings is 1. The van der Waals surface area contributed by atoms with Crippen LogP contribution in [-0.4, -0.2) is 13.9 Å². The van der Waals surface area contributed by atoms with Crippen LogP contribution in [0.3, 0.4) is 0 Å². The van der Waals surface area contributed by atoms with Gasteiger partial charge in [0.1, 0.15) is 11.1 Å². The molecule has 86 valence electrons. The number of halogens is 3. The third-order valence-electron chi connectivity index (χ3n) is 2.02. The van der Waals surface area contributed by atoms with Crippen molar-refractivity contribution >= 4 is 56.4 Å². The summed E-state index contributed by atoms with van der Waals surface area (Å²) in [7, 11) is 0. The fraction of sp³-hybridized carbons (Fsp3) is 0.300. The highest BCUT2D eigenvalue weighted by molar-refractivity contribution is 7.18. The van der Waals surface area contributed by atoms with E-state index in [-0.39, 0.29) is 6.42 Å². The lowest BCUT2D eigenvalue weighted by Gasteiger charge is -2.13. The SMILES string of the molecule is OC(CC(Cl)(Cl)Cl)c1nc2ccccc2s1. The van der Waals surface area contributed by atoms with Crippen molar-refractivity contribution in [2.45, 2.75) is 16.3 Å². The van der Waals surface area contributed by atoms with Crippen LogP contribution in [0, 0.1) is 0 Å². The van der Waals surface area contributed by atoms with Crippen LogP contribution >= 0.6 is 46.1 Å². The Labute approximate surface area is 112 Å². The topological polar surface area (TPSA) is 33.1 Å². The van der Waals surface area contributed by atoms with Crippen molar-refractivity contribution in [2.24, 2.45) is 0 Å². The predicted octanol–water partition coefficient (Wildman–Crippen LogP) is 4.09. The van der Waals surface area contributed by atoms with Crippen LogP contribution in [0.5, 0.6) is 0 Å². The number of aliphatic hydroxyl groups excluding tert-OH is 1. The summed E-state index contributed by atoms with van der Waals surface area (Å²) in [6.07, 6.45) is -0.804. The lowest BCUT2D eigenvalue weighted by Crippen LogP contribution is -2.09. The van der Waals surface area contributed by atoms with Crippen molar-refractivity contribution in [3.05, 3.63) is 29.3 Å². The summed E-state index contributed by atoms with van der Waals surface area (Å²) in [5, 5.41) is 10.4. The maximum Gasteiger partial charge on any atom is 0.193 e. The molecule has 1 heterocycles. The van der Waals surface area contributed by atoms with Gasteiger partial charge in [0, 0.05) is 6.42 Å². The first-order valence-electron chi connectivity index (χ1n) is 4.56. The minimum Gasteiger partial charge on any atom is -0.386 e. The highest BCUT2D eigenvalue weighted by Crippen LogP contribution is 2.38. The maximum absolute atomic E-state index is 9.85. The molecule has 2 nitrogen and oxygen atoms in total. The van der Waals surface area contributed by atoms with E-state index in [0.29, 0.717) is 5.01 Å². The van der Waals surface area contributed by atoms with Gasteiger partial charge in [0.15, 0.2) is 3.79 Å². The van der Waals surface area contributed by atoms with E-state index in [1.54, 1.807) is 0 Å². The average Bonchev–Trinajstić information content (AvgIpc) is 2.58. The summed E-state index contributed by atoms with van der Waals surface area (Å²) in [6.45, 7) is 0. The molecule has 1 atom stereocenters. The van der Waals surface area contributed by atoms with E-state index < -0.39 is 9.90 Å². The molecule has 0 aliphatic heterocycles. The van der Waals surface area contributed by atoms with Crippen molar-refractivity contribution < 1.29 is 5.11 Å². The van der Waals surface area contributed by atoms with Gasteiger partial charge in [0.2, 0.25) is 0 Å². The van der Waals surface area contributed by atoms with E-state index in [0.717, 1.165) is 10.2 Å². The molecule has 6 heteroatoms. The molecule has 0 spiro atoms. The molecule has 0 amide bonds. The van der Waals surface area contributed by atoms with E-state index in [4.69, 9.17) is 34.8 Å². The predicted molar refractivity (Wildman–Crippen MR) is 69.5 cm³/mol. The minimum absolute atomic E-state index is 0.0392. The van der Waals surface area contributed by atoms with Crippen LogP contribution in [0.4, 0.5) is 0 Å². The van der Waals surface area contributed by atoms with E-state index in [1.165, 1.54) is 11.3 Å². The molecule has 2 aromatic rings. The van der Waals surface area contributed by atoms with Crippen LogP contribution in [-0.2, 0) is 0 Å². The maximum atomic E-state index is 9.85. The quantitative estimate of drug-likeness (QED) is 0.847. The number of para-hydroxylation sites is 1. The largest absolute Gasteiger partial charge is 0.386 e. The number of rotatable bonds is 2. The summed E-state index contributed by atoms with van der Waals surface area (Å²) < 4.78 is -0.446. The van der Waals surface area contributed by atoms with E-state index in [1.807, 2.05) is 24.3 Å². The summed E-state index contributed by atoms with van der Waals surface area (Å²) >= 11 is 18.3. The molecule has 1 aromatic heterocycles. The number of aliphatic hydroxyl groups is 1. The molecule has 16 heavy (non-hydrogen) atoms. The molecule has 2 rings (SSSR count). The van der Waals surface area contributed by atoms with E-state index >= 15 is 0 Å². The lowest BCUT2D eigenvalue weighted by molar-refractivity contribution is 0.169. The Morgan fingerprint density at radius 3 is 2.62 bits per heavy atom. The molecule has 0 saturated carbocycles. The van der Waals surface area contributed by atoms with Crippen molar-refractivity contribution in [3.63, 3.8) is 0 Å². The molecule has 0 bridgehead atoms. The first-order chi connectivity index (χ1) is 7.46. The molecule has 0 radical (unpaired) electrons. The standard InChI is InChI=1S/C10H8Cl3NOS/c11-10(12,13)5-7(15)9-14-6-3-1-2-4-8(6)16-9/h1-4,7,15H,5H2. The van der Waals surface area contributed by atoms with Gasteiger partial charge in [0.05, 0.1) is 10.2 Å². The monoisotopic (exact) mass is 295 g/mol. The molecule has 0 aliphatic rings. The van der Waals surface area contributed by atoms with Crippen LogP contribution in [0.25, 0.3) is 10.2 Å². The Morgan fingerprint density at radius 2 is 2.00 bits per heavy atom. The Kier molecular flexibility index (Phi) is 3.62. The average molecular weight is 297 g/mol. The van der Waals surface area contributed by atoms with Gasteiger partial charge >= 0.3 is 0 Å². The Hall–Kier alpha value is -0.0600. The van der Waals surface area contributed by atoms with Gasteiger partial charge in [-0.3, -0.25) is 0 Å². The second kappa shape index (κ2) is 4.67. The number of thiazole rings is 1. The van der Waals surface area contributed by atoms with Gasteiger partial charge in [0.25, 0.3) is 0 Å². The molecule has 0 saturated heterocycles. The molecule has 0 aliphatic carbocycles. The summed E-state index contributed by atoms with van der Waals surface area (Å²) in [5.41, 5.74) is 0.853. The van der Waals surface area contributed by atoms with Gasteiger partial charge in [-0.2, -0.15) is 0 Å². The number of aromatic nitrogens is 1. The molecular formula is C10H8Cl3NOS. The Bertz CT molecular complexity index is 461. The van der Waals surface area contributed by atoms with Gasteiger partial charge in [-0.1, -0.05) is 46.9 Å². The smallest absolute Gasteiger partial charge is 0.193 e. The summed E-state index contributed by atoms with van der Waals surface area (Å²) in [4.78, 5) is 4.29. The van der Waals surface area contributed by atoms with Crippen LogP contribution < -0.4 is 0 Å². The molecule has 1 N–H and O–H groups in total. The summed E-state index contributed by atoms with van der Waals surface area (Å²) in [5.74, 6) is 0. The van der Waals surface area contributed by atoms with Crippen molar-refractivity contribution in [3.8, 4) is 0 Å². The van der Waals surface area contributed by atoms with Crippen molar-refractivity contribution in [1.29, 1.82) is 0 Å². The van der Waals surface area contributed by atoms with Crippen LogP contribution in [0.15, 0.2) is 24.3 Å². The van der Waals surface area contributed by atoms with Crippen molar-refractivity contribution in [1.82, 2.24) is 4.98 Å². The van der Waals surface area contributed by atoms with Crippen molar-refractivity contribution in [2.75, 3.05) is 0 Å². The number of alkyl halides is 3. The number of hydrogen-bond donors (Lipinski definition) is 1. The third-order valence-corrected chi connectivity index (χ3v) is 3.62. The Morgan fingerprint density at radius 1 is 1.31 bits per heavy atom. The highest BCUT2D eigenvalue weighted by atomic mass is 35.6. The zero-order valence-electron chi connectivity index (χ0n) is 8.03. The zero-order valence-corrected chi connectivity index (χ0v) is 11.1. The van der Waals surface area contributed by atoms with E-state index in [2.05, 4.69) is 4.98 Å². The minimum atomic E-state index is -1.46. The Balaban J connectivity index is 2.26. The third kappa shape index (κ3) is 2.99. The molecule has 1 aromatic carbocycles. The van der Waals surface area contributed by atoms with Gasteiger partial charge in [-0.05, 0) is 12.1 Å². The second-order valence-corrected chi connectivity index (χ2v) is 6.93. The zero-order chi connectivity index (χ0) is 11.8. The fourth-order valence-electron chi connectivity index (χ4n) is 1.34. The normalized spacial score (nSPS) is 14.2. The number of hydrogen-bond acceptors (Lipinski definition) is 3. The van der Waals surface area contributed by atoms with Gasteiger partial charge < -0.3 is 5.11 Å². The second-order valence-electron chi connectivity index (χ2n) is 3.35. The number of nitrogens with zero attached hydrogens (tertiary/aromatic N) is 1. The van der Waals surface area contributed by atoms with Crippen LogP contribution in [0.1, 0.15) is 17.5 Å². The molecule has 0 fully saturated rings.